The second-order valence-corrected chi connectivity index (χ2v) is 9.62. The highest BCUT2D eigenvalue weighted by Gasteiger charge is 2.41. The van der Waals surface area contributed by atoms with E-state index in [1.807, 2.05) is 50.1 Å². The minimum atomic E-state index is -0.498. The largest absolute Gasteiger partial charge is 0.354 e. The predicted octanol–water partition coefficient (Wildman–Crippen LogP) is 3.34. The molecule has 0 bridgehead atoms. The van der Waals surface area contributed by atoms with Crippen LogP contribution in [-0.2, 0) is 9.59 Å². The third-order valence-corrected chi connectivity index (χ3v) is 6.62. The van der Waals surface area contributed by atoms with Gasteiger partial charge in [-0.05, 0) is 58.0 Å². The van der Waals surface area contributed by atoms with Gasteiger partial charge in [0, 0.05) is 31.9 Å². The Hall–Kier alpha value is -2.65. The molecule has 2 aliphatic heterocycles. The average molecular weight is 474 g/mol. The van der Waals surface area contributed by atoms with E-state index in [0.29, 0.717) is 23.0 Å². The Kier molecular flexibility index (Phi) is 7.97. The summed E-state index contributed by atoms with van der Waals surface area (Å²) in [6.45, 7) is 7.03. The number of carbonyl (C=O) groups is 2. The van der Waals surface area contributed by atoms with Crippen LogP contribution in [0.5, 0.6) is 0 Å². The highest BCUT2D eigenvalue weighted by molar-refractivity contribution is 8.16. The molecule has 1 aromatic carbocycles. The zero-order valence-electron chi connectivity index (χ0n) is 20.1. The molecule has 1 N–H and O–H groups in total. The molecule has 1 atom stereocenters. The number of amidine groups is 1. The monoisotopic (exact) mass is 473 g/mol. The number of aliphatic imine (C=N–C) groups is 1. The maximum atomic E-state index is 13.7. The van der Waals surface area contributed by atoms with Gasteiger partial charge in [0.25, 0.3) is 5.91 Å². The lowest BCUT2D eigenvalue weighted by atomic mass is 9.92. The standard InChI is InChI=1S/C24H32FN5O2S/c1-15(2)29(6)23(32)21-16(3)27-24-30(22(21)17-7-9-18(25)10-8-17)19(14-33-24)13-20(31)26-11-12-28(4)5/h7-10,14-15,22H,11-13H2,1-6H3,(H,26,31)/t22-/m1/s1. The maximum absolute atomic E-state index is 13.7. The summed E-state index contributed by atoms with van der Waals surface area (Å²) < 4.78 is 13.7. The number of allylic oxidation sites excluding steroid dienone is 1. The van der Waals surface area contributed by atoms with Gasteiger partial charge in [-0.2, -0.15) is 0 Å². The summed E-state index contributed by atoms with van der Waals surface area (Å²) in [5, 5.41) is 5.56. The summed E-state index contributed by atoms with van der Waals surface area (Å²) in [6.07, 6.45) is 0.164. The van der Waals surface area contributed by atoms with E-state index >= 15 is 0 Å². The molecule has 178 valence electrons. The van der Waals surface area contributed by atoms with Crippen molar-refractivity contribution < 1.29 is 14.0 Å². The third-order valence-electron chi connectivity index (χ3n) is 5.73. The fourth-order valence-corrected chi connectivity index (χ4v) is 4.64. The van der Waals surface area contributed by atoms with Crippen LogP contribution in [0.15, 0.2) is 51.6 Å². The molecule has 2 aliphatic rings. The molecule has 0 aromatic heterocycles. The first-order valence-electron chi connectivity index (χ1n) is 11.0. The Morgan fingerprint density at radius 2 is 1.88 bits per heavy atom. The van der Waals surface area contributed by atoms with Gasteiger partial charge >= 0.3 is 0 Å². The molecule has 1 aromatic rings. The number of halogens is 1. The summed E-state index contributed by atoms with van der Waals surface area (Å²) in [6, 6.07) is 5.67. The lowest BCUT2D eigenvalue weighted by molar-refractivity contribution is -0.128. The lowest BCUT2D eigenvalue weighted by Gasteiger charge is -2.38. The number of amides is 2. The van der Waals surface area contributed by atoms with Gasteiger partial charge in [0.2, 0.25) is 5.91 Å². The summed E-state index contributed by atoms with van der Waals surface area (Å²) >= 11 is 1.43. The molecule has 2 heterocycles. The molecule has 9 heteroatoms. The van der Waals surface area contributed by atoms with E-state index < -0.39 is 6.04 Å². The molecule has 33 heavy (non-hydrogen) atoms. The average Bonchev–Trinajstić information content (AvgIpc) is 3.13. The number of nitrogens with one attached hydrogen (secondary N) is 1. The molecule has 0 fully saturated rings. The second kappa shape index (κ2) is 10.5. The number of fused-ring (bicyclic) bond motifs is 1. The Labute approximate surface area is 199 Å². The molecule has 7 nitrogen and oxygen atoms in total. The highest BCUT2D eigenvalue weighted by atomic mass is 32.2. The van der Waals surface area contributed by atoms with Gasteiger partial charge in [0.05, 0.1) is 23.7 Å². The van der Waals surface area contributed by atoms with Crippen LogP contribution in [0.4, 0.5) is 4.39 Å². The van der Waals surface area contributed by atoms with E-state index in [2.05, 4.69) is 5.32 Å². The van der Waals surface area contributed by atoms with Crippen LogP contribution in [0.3, 0.4) is 0 Å². The van der Waals surface area contributed by atoms with Crippen molar-refractivity contribution in [1.82, 2.24) is 20.0 Å². The SMILES string of the molecule is CC1=C(C(=O)N(C)C(C)C)[C@@H](c2ccc(F)cc2)N2C(CC(=O)NCCN(C)C)=CSC2=N1. The van der Waals surface area contributed by atoms with E-state index in [1.165, 1.54) is 23.9 Å². The second-order valence-electron chi connectivity index (χ2n) is 8.78. The summed E-state index contributed by atoms with van der Waals surface area (Å²) in [5.41, 5.74) is 2.69. The number of carbonyl (C=O) groups excluding carboxylic acids is 2. The molecule has 3 rings (SSSR count). The zero-order chi connectivity index (χ0) is 24.3. The van der Waals surface area contributed by atoms with Crippen LogP contribution < -0.4 is 5.32 Å². The maximum Gasteiger partial charge on any atom is 0.254 e. The van der Waals surface area contributed by atoms with Crippen LogP contribution in [0.1, 0.15) is 38.8 Å². The lowest BCUT2D eigenvalue weighted by Crippen LogP contribution is -2.42. The topological polar surface area (TPSA) is 68.2 Å². The van der Waals surface area contributed by atoms with Crippen molar-refractivity contribution in [2.75, 3.05) is 34.2 Å². The van der Waals surface area contributed by atoms with E-state index in [1.54, 1.807) is 24.1 Å². The summed E-state index contributed by atoms with van der Waals surface area (Å²) in [7, 11) is 5.67. The van der Waals surface area contributed by atoms with Crippen LogP contribution in [0.25, 0.3) is 0 Å². The molecule has 0 radical (unpaired) electrons. The Balaban J connectivity index is 1.96. The van der Waals surface area contributed by atoms with E-state index in [4.69, 9.17) is 4.99 Å². The van der Waals surface area contributed by atoms with Crippen molar-refractivity contribution in [1.29, 1.82) is 0 Å². The fourth-order valence-electron chi connectivity index (χ4n) is 3.67. The molecule has 2 amide bonds. The molecular formula is C24H32FN5O2S. The van der Waals surface area contributed by atoms with Crippen LogP contribution in [0, 0.1) is 5.82 Å². The molecule has 0 saturated heterocycles. The number of thioether (sulfide) groups is 1. The predicted molar refractivity (Wildman–Crippen MR) is 131 cm³/mol. The van der Waals surface area contributed by atoms with Crippen molar-refractivity contribution >= 4 is 28.7 Å². The van der Waals surface area contributed by atoms with E-state index in [0.717, 1.165) is 17.8 Å². The molecule has 0 aliphatic carbocycles. The van der Waals surface area contributed by atoms with Gasteiger partial charge in [0.15, 0.2) is 5.17 Å². The molecular weight excluding hydrogens is 441 g/mol. The summed E-state index contributed by atoms with van der Waals surface area (Å²) in [4.78, 5) is 36.5. The zero-order valence-corrected chi connectivity index (χ0v) is 20.9. The van der Waals surface area contributed by atoms with Gasteiger partial charge < -0.3 is 20.0 Å². The van der Waals surface area contributed by atoms with Crippen LogP contribution >= 0.6 is 11.8 Å². The first kappa shape index (κ1) is 25.0. The number of nitrogens with zero attached hydrogens (tertiary/aromatic N) is 4. The first-order valence-corrected chi connectivity index (χ1v) is 11.9. The van der Waals surface area contributed by atoms with Crippen molar-refractivity contribution in [2.24, 2.45) is 4.99 Å². The minimum Gasteiger partial charge on any atom is -0.354 e. The van der Waals surface area contributed by atoms with Gasteiger partial charge in [-0.1, -0.05) is 23.9 Å². The van der Waals surface area contributed by atoms with Gasteiger partial charge in [-0.15, -0.1) is 0 Å². The van der Waals surface area contributed by atoms with Crippen molar-refractivity contribution in [2.45, 2.75) is 39.3 Å². The van der Waals surface area contributed by atoms with Gasteiger partial charge in [-0.3, -0.25) is 9.59 Å². The van der Waals surface area contributed by atoms with Crippen molar-refractivity contribution in [3.05, 3.63) is 58.0 Å². The van der Waals surface area contributed by atoms with Crippen LogP contribution in [-0.4, -0.2) is 72.0 Å². The smallest absolute Gasteiger partial charge is 0.254 e. The Morgan fingerprint density at radius 3 is 2.48 bits per heavy atom. The third kappa shape index (κ3) is 5.65. The molecule has 0 saturated carbocycles. The molecule has 0 spiro atoms. The number of rotatable bonds is 8. The Morgan fingerprint density at radius 1 is 1.21 bits per heavy atom. The van der Waals surface area contributed by atoms with Crippen molar-refractivity contribution in [3.8, 4) is 0 Å². The number of likely N-dealkylation sites (N-methyl/N-ethyl adjacent to an activating group) is 2. The van der Waals surface area contributed by atoms with Crippen molar-refractivity contribution in [3.63, 3.8) is 0 Å². The van der Waals surface area contributed by atoms with Gasteiger partial charge in [-0.25, -0.2) is 9.38 Å². The normalized spacial score (nSPS) is 17.8. The van der Waals surface area contributed by atoms with E-state index in [9.17, 15) is 14.0 Å². The molecule has 0 unspecified atom stereocenters. The minimum absolute atomic E-state index is 0.00230. The highest BCUT2D eigenvalue weighted by Crippen LogP contribution is 2.45. The fraction of sp³-hybridized carbons (Fsp3) is 0.458. The van der Waals surface area contributed by atoms with Gasteiger partial charge in [0.1, 0.15) is 5.82 Å². The number of hydrogen-bond acceptors (Lipinski definition) is 6. The quantitative estimate of drug-likeness (QED) is 0.627. The number of benzene rings is 1. The van der Waals surface area contributed by atoms with E-state index in [-0.39, 0.29) is 30.1 Å². The van der Waals surface area contributed by atoms with Crippen LogP contribution in [0.2, 0.25) is 0 Å². The number of hydrogen-bond donors (Lipinski definition) is 1. The first-order chi connectivity index (χ1) is 15.6. The summed E-state index contributed by atoms with van der Waals surface area (Å²) in [5.74, 6) is -0.573. The Bertz CT molecular complexity index is 1000.